The van der Waals surface area contributed by atoms with Gasteiger partial charge >= 0.3 is 0 Å². The lowest BCUT2D eigenvalue weighted by atomic mass is 10.2. The lowest BCUT2D eigenvalue weighted by Crippen LogP contribution is -2.01. The number of rotatable bonds is 5. The predicted octanol–water partition coefficient (Wildman–Crippen LogP) is 3.62. The molecular weight excluding hydrogens is 349 g/mol. The third-order valence-electron chi connectivity index (χ3n) is 3.66. The molecule has 27 heavy (non-hydrogen) atoms. The molecule has 0 amide bonds. The van der Waals surface area contributed by atoms with E-state index < -0.39 is 0 Å². The van der Waals surface area contributed by atoms with Crippen molar-refractivity contribution < 1.29 is 13.7 Å². The standard InChI is InChI=1S/C19H14FN5O2/c1-12-9-16(23-18(22-12)13-5-7-21-8-6-13)26-11-17-24-19(25-27-17)14-3-2-4-15(20)10-14/h2-10H,11H2,1H3. The quantitative estimate of drug-likeness (QED) is 0.535. The number of aromatic nitrogens is 5. The Morgan fingerprint density at radius 2 is 1.81 bits per heavy atom. The van der Waals surface area contributed by atoms with Gasteiger partial charge in [-0.1, -0.05) is 17.3 Å². The van der Waals surface area contributed by atoms with Gasteiger partial charge in [-0.3, -0.25) is 4.98 Å². The minimum absolute atomic E-state index is 0.0363. The summed E-state index contributed by atoms with van der Waals surface area (Å²) in [5, 5.41) is 3.85. The Kier molecular flexibility index (Phi) is 4.52. The Morgan fingerprint density at radius 3 is 2.63 bits per heavy atom. The van der Waals surface area contributed by atoms with Crippen molar-refractivity contribution in [1.29, 1.82) is 0 Å². The molecule has 0 bridgehead atoms. The topological polar surface area (TPSA) is 86.8 Å². The first-order valence-corrected chi connectivity index (χ1v) is 8.15. The fourth-order valence-electron chi connectivity index (χ4n) is 2.44. The zero-order valence-electron chi connectivity index (χ0n) is 14.3. The van der Waals surface area contributed by atoms with Gasteiger partial charge in [-0.05, 0) is 31.2 Å². The molecule has 0 N–H and O–H groups in total. The Labute approximate surface area is 153 Å². The largest absolute Gasteiger partial charge is 0.467 e. The van der Waals surface area contributed by atoms with Crippen molar-refractivity contribution in [3.05, 3.63) is 72.3 Å². The molecule has 7 nitrogen and oxygen atoms in total. The molecule has 4 rings (SSSR count). The van der Waals surface area contributed by atoms with Crippen LogP contribution in [0, 0.1) is 12.7 Å². The van der Waals surface area contributed by atoms with E-state index in [-0.39, 0.29) is 18.3 Å². The Balaban J connectivity index is 1.50. The van der Waals surface area contributed by atoms with Crippen LogP contribution in [0.1, 0.15) is 11.6 Å². The second-order valence-corrected chi connectivity index (χ2v) is 5.72. The van der Waals surface area contributed by atoms with Gasteiger partial charge in [0.2, 0.25) is 11.7 Å². The van der Waals surface area contributed by atoms with Crippen LogP contribution >= 0.6 is 0 Å². The summed E-state index contributed by atoms with van der Waals surface area (Å²) in [6.45, 7) is 1.89. The first-order chi connectivity index (χ1) is 13.2. The molecule has 0 atom stereocenters. The first kappa shape index (κ1) is 16.8. The molecule has 134 valence electrons. The van der Waals surface area contributed by atoms with Crippen LogP contribution in [-0.2, 0) is 6.61 Å². The summed E-state index contributed by atoms with van der Waals surface area (Å²) < 4.78 is 24.2. The molecule has 0 saturated carbocycles. The molecule has 0 saturated heterocycles. The van der Waals surface area contributed by atoms with Gasteiger partial charge in [-0.2, -0.15) is 9.97 Å². The first-order valence-electron chi connectivity index (χ1n) is 8.15. The fraction of sp³-hybridized carbons (Fsp3) is 0.105. The minimum Gasteiger partial charge on any atom is -0.467 e. The van der Waals surface area contributed by atoms with Crippen molar-refractivity contribution >= 4 is 0 Å². The number of halogens is 1. The van der Waals surface area contributed by atoms with Gasteiger partial charge in [0.1, 0.15) is 5.82 Å². The second kappa shape index (κ2) is 7.28. The summed E-state index contributed by atoms with van der Waals surface area (Å²) in [6.07, 6.45) is 3.35. The normalized spacial score (nSPS) is 10.7. The van der Waals surface area contributed by atoms with Crippen LogP contribution in [0.3, 0.4) is 0 Å². The van der Waals surface area contributed by atoms with Gasteiger partial charge in [-0.25, -0.2) is 9.37 Å². The molecule has 0 aliphatic rings. The van der Waals surface area contributed by atoms with Crippen LogP contribution in [0.5, 0.6) is 5.88 Å². The molecule has 3 heterocycles. The van der Waals surface area contributed by atoms with Gasteiger partial charge in [0, 0.05) is 35.3 Å². The van der Waals surface area contributed by atoms with E-state index in [1.807, 2.05) is 19.1 Å². The molecule has 0 fully saturated rings. The number of benzene rings is 1. The van der Waals surface area contributed by atoms with Crippen molar-refractivity contribution in [3.8, 4) is 28.7 Å². The summed E-state index contributed by atoms with van der Waals surface area (Å²) in [5.74, 6) is 1.12. The van der Waals surface area contributed by atoms with Gasteiger partial charge in [0.25, 0.3) is 5.89 Å². The highest BCUT2D eigenvalue weighted by atomic mass is 19.1. The Bertz CT molecular complexity index is 1070. The monoisotopic (exact) mass is 363 g/mol. The number of hydrogen-bond acceptors (Lipinski definition) is 7. The van der Waals surface area contributed by atoms with E-state index in [0.29, 0.717) is 23.1 Å². The van der Waals surface area contributed by atoms with E-state index in [0.717, 1.165) is 11.3 Å². The summed E-state index contributed by atoms with van der Waals surface area (Å²) >= 11 is 0. The number of hydrogen-bond donors (Lipinski definition) is 0. The highest BCUT2D eigenvalue weighted by molar-refractivity contribution is 5.55. The van der Waals surface area contributed by atoms with Crippen LogP contribution < -0.4 is 4.74 Å². The van der Waals surface area contributed by atoms with Crippen LogP contribution in [-0.4, -0.2) is 25.1 Å². The summed E-state index contributed by atoms with van der Waals surface area (Å²) in [5.41, 5.74) is 2.13. The smallest absolute Gasteiger partial charge is 0.264 e. The maximum Gasteiger partial charge on any atom is 0.264 e. The van der Waals surface area contributed by atoms with E-state index in [1.54, 1.807) is 30.6 Å². The van der Waals surface area contributed by atoms with Gasteiger partial charge in [-0.15, -0.1) is 0 Å². The summed E-state index contributed by atoms with van der Waals surface area (Å²) in [4.78, 5) is 17.0. The Morgan fingerprint density at radius 1 is 0.963 bits per heavy atom. The van der Waals surface area contributed by atoms with Crippen molar-refractivity contribution in [3.63, 3.8) is 0 Å². The number of pyridine rings is 1. The van der Waals surface area contributed by atoms with Crippen LogP contribution in [0.4, 0.5) is 4.39 Å². The van der Waals surface area contributed by atoms with E-state index in [1.165, 1.54) is 12.1 Å². The van der Waals surface area contributed by atoms with Crippen molar-refractivity contribution in [2.24, 2.45) is 0 Å². The number of aryl methyl sites for hydroxylation is 1. The maximum atomic E-state index is 13.3. The molecule has 0 unspecified atom stereocenters. The summed E-state index contributed by atoms with van der Waals surface area (Å²) in [7, 11) is 0. The van der Waals surface area contributed by atoms with Crippen molar-refractivity contribution in [2.75, 3.05) is 0 Å². The molecule has 4 aromatic rings. The predicted molar refractivity (Wildman–Crippen MR) is 94.0 cm³/mol. The fourth-order valence-corrected chi connectivity index (χ4v) is 2.44. The molecule has 0 aliphatic heterocycles. The molecule has 1 aromatic carbocycles. The minimum atomic E-state index is -0.366. The van der Waals surface area contributed by atoms with E-state index in [9.17, 15) is 4.39 Å². The Hall–Kier alpha value is -3.68. The van der Waals surface area contributed by atoms with Gasteiger partial charge in [0.05, 0.1) is 0 Å². The highest BCUT2D eigenvalue weighted by Crippen LogP contribution is 2.20. The lowest BCUT2D eigenvalue weighted by Gasteiger charge is -2.06. The molecule has 0 aliphatic carbocycles. The second-order valence-electron chi connectivity index (χ2n) is 5.72. The maximum absolute atomic E-state index is 13.3. The molecule has 3 aromatic heterocycles. The zero-order valence-corrected chi connectivity index (χ0v) is 14.3. The molecule has 8 heteroatoms. The van der Waals surface area contributed by atoms with E-state index in [2.05, 4.69) is 25.1 Å². The number of nitrogens with zero attached hydrogens (tertiary/aromatic N) is 5. The summed E-state index contributed by atoms with van der Waals surface area (Å²) in [6, 6.07) is 11.3. The van der Waals surface area contributed by atoms with E-state index >= 15 is 0 Å². The van der Waals surface area contributed by atoms with Crippen LogP contribution in [0.25, 0.3) is 22.8 Å². The average Bonchev–Trinajstić information content (AvgIpc) is 3.16. The number of ether oxygens (including phenoxy) is 1. The molecule has 0 spiro atoms. The van der Waals surface area contributed by atoms with Gasteiger partial charge in [0.15, 0.2) is 12.4 Å². The van der Waals surface area contributed by atoms with E-state index in [4.69, 9.17) is 9.26 Å². The van der Waals surface area contributed by atoms with Gasteiger partial charge < -0.3 is 9.26 Å². The molecular formula is C19H14FN5O2. The molecule has 0 radical (unpaired) electrons. The third-order valence-corrected chi connectivity index (χ3v) is 3.66. The lowest BCUT2D eigenvalue weighted by molar-refractivity contribution is 0.235. The SMILES string of the molecule is Cc1cc(OCc2nc(-c3cccc(F)c3)no2)nc(-c2ccncc2)n1. The average molecular weight is 363 g/mol. The van der Waals surface area contributed by atoms with Crippen molar-refractivity contribution in [1.82, 2.24) is 25.1 Å². The van der Waals surface area contributed by atoms with Crippen molar-refractivity contribution in [2.45, 2.75) is 13.5 Å². The highest BCUT2D eigenvalue weighted by Gasteiger charge is 2.11. The third kappa shape index (κ3) is 3.95. The zero-order chi connectivity index (χ0) is 18.6. The van der Waals surface area contributed by atoms with Crippen LogP contribution in [0.15, 0.2) is 59.4 Å². The van der Waals surface area contributed by atoms with Crippen LogP contribution in [0.2, 0.25) is 0 Å².